The number of rotatable bonds is 2. The van der Waals surface area contributed by atoms with Crippen LogP contribution in [0.4, 0.5) is 0 Å². The SMILES string of the molecule is Cc1cn(C)c([C@@H]2CCN(C(=O)c3ccc(=O)[nH]n3)C2)n1. The smallest absolute Gasteiger partial charge is 0.274 e. The van der Waals surface area contributed by atoms with E-state index in [0.29, 0.717) is 13.1 Å². The number of hydrogen-bond acceptors (Lipinski definition) is 4. The Morgan fingerprint density at radius 2 is 2.24 bits per heavy atom. The highest BCUT2D eigenvalue weighted by Gasteiger charge is 2.30. The summed E-state index contributed by atoms with van der Waals surface area (Å²) in [4.78, 5) is 29.6. The molecule has 0 saturated carbocycles. The summed E-state index contributed by atoms with van der Waals surface area (Å²) < 4.78 is 2.02. The van der Waals surface area contributed by atoms with Gasteiger partial charge >= 0.3 is 0 Å². The van der Waals surface area contributed by atoms with Crippen LogP contribution >= 0.6 is 0 Å². The van der Waals surface area contributed by atoms with Gasteiger partial charge in [-0.15, -0.1) is 0 Å². The van der Waals surface area contributed by atoms with Crippen molar-refractivity contribution in [1.29, 1.82) is 0 Å². The number of aromatic nitrogens is 4. The summed E-state index contributed by atoms with van der Waals surface area (Å²) in [6.07, 6.45) is 2.88. The zero-order chi connectivity index (χ0) is 15.0. The van der Waals surface area contributed by atoms with Crippen LogP contribution in [0.25, 0.3) is 0 Å². The van der Waals surface area contributed by atoms with Gasteiger partial charge in [0.15, 0.2) is 0 Å². The van der Waals surface area contributed by atoms with E-state index >= 15 is 0 Å². The maximum absolute atomic E-state index is 12.3. The molecule has 0 radical (unpaired) electrons. The zero-order valence-corrected chi connectivity index (χ0v) is 12.0. The Morgan fingerprint density at radius 3 is 2.86 bits per heavy atom. The van der Waals surface area contributed by atoms with Gasteiger partial charge in [0.1, 0.15) is 11.5 Å². The maximum Gasteiger partial charge on any atom is 0.274 e. The van der Waals surface area contributed by atoms with Crippen LogP contribution in [0.15, 0.2) is 23.1 Å². The number of amides is 1. The molecule has 1 fully saturated rings. The molecule has 3 rings (SSSR count). The van der Waals surface area contributed by atoms with Crippen molar-refractivity contribution in [3.05, 3.63) is 45.9 Å². The summed E-state index contributed by atoms with van der Waals surface area (Å²) in [6, 6.07) is 2.77. The molecule has 1 atom stereocenters. The average molecular weight is 287 g/mol. The number of aromatic amines is 1. The number of hydrogen-bond donors (Lipinski definition) is 1. The van der Waals surface area contributed by atoms with Crippen molar-refractivity contribution in [2.24, 2.45) is 7.05 Å². The number of carbonyl (C=O) groups is 1. The van der Waals surface area contributed by atoms with Crippen LogP contribution in [-0.2, 0) is 7.05 Å². The molecule has 3 heterocycles. The van der Waals surface area contributed by atoms with E-state index in [9.17, 15) is 9.59 Å². The lowest BCUT2D eigenvalue weighted by Gasteiger charge is -2.15. The molecule has 1 N–H and O–H groups in total. The number of imidazole rings is 1. The van der Waals surface area contributed by atoms with Gasteiger partial charge in [-0.3, -0.25) is 9.59 Å². The molecule has 1 aliphatic heterocycles. The van der Waals surface area contributed by atoms with Crippen LogP contribution < -0.4 is 5.56 Å². The van der Waals surface area contributed by atoms with E-state index in [-0.39, 0.29) is 23.1 Å². The largest absolute Gasteiger partial charge is 0.337 e. The first-order valence-electron chi connectivity index (χ1n) is 6.89. The van der Waals surface area contributed by atoms with E-state index in [1.165, 1.54) is 12.1 Å². The van der Waals surface area contributed by atoms with Gasteiger partial charge in [0.05, 0.1) is 5.69 Å². The topological polar surface area (TPSA) is 83.9 Å². The second-order valence-corrected chi connectivity index (χ2v) is 5.39. The fraction of sp³-hybridized carbons (Fsp3) is 0.429. The van der Waals surface area contributed by atoms with Crippen LogP contribution in [0.1, 0.15) is 34.3 Å². The van der Waals surface area contributed by atoms with Gasteiger partial charge in [-0.2, -0.15) is 5.10 Å². The Balaban J connectivity index is 1.75. The highest BCUT2D eigenvalue weighted by atomic mass is 16.2. The number of likely N-dealkylation sites (tertiary alicyclic amines) is 1. The highest BCUT2D eigenvalue weighted by molar-refractivity contribution is 5.92. The molecule has 1 amide bonds. The van der Waals surface area contributed by atoms with E-state index in [1.807, 2.05) is 24.7 Å². The summed E-state index contributed by atoms with van der Waals surface area (Å²) in [6.45, 7) is 3.27. The van der Waals surface area contributed by atoms with Crippen molar-refractivity contribution in [3.8, 4) is 0 Å². The molecule has 1 saturated heterocycles. The third-order valence-corrected chi connectivity index (χ3v) is 3.77. The minimum absolute atomic E-state index is 0.153. The van der Waals surface area contributed by atoms with Crippen LogP contribution in [0.3, 0.4) is 0 Å². The molecule has 0 unspecified atom stereocenters. The fourth-order valence-corrected chi connectivity index (χ4v) is 2.80. The minimum Gasteiger partial charge on any atom is -0.337 e. The van der Waals surface area contributed by atoms with Gasteiger partial charge < -0.3 is 9.47 Å². The number of nitrogens with one attached hydrogen (secondary N) is 1. The van der Waals surface area contributed by atoms with E-state index in [0.717, 1.165) is 17.9 Å². The predicted octanol–water partition coefficient (Wildman–Crippen LogP) is 0.442. The van der Waals surface area contributed by atoms with Crippen molar-refractivity contribution in [3.63, 3.8) is 0 Å². The number of H-pyrrole nitrogens is 1. The predicted molar refractivity (Wildman–Crippen MR) is 76.1 cm³/mol. The maximum atomic E-state index is 12.3. The number of aryl methyl sites for hydroxylation is 2. The monoisotopic (exact) mass is 287 g/mol. The Bertz CT molecular complexity index is 713. The molecule has 7 heteroatoms. The first-order valence-corrected chi connectivity index (χ1v) is 6.89. The molecule has 2 aromatic heterocycles. The molecular weight excluding hydrogens is 270 g/mol. The summed E-state index contributed by atoms with van der Waals surface area (Å²) in [5.74, 6) is 1.10. The molecule has 110 valence electrons. The summed E-state index contributed by atoms with van der Waals surface area (Å²) >= 11 is 0. The van der Waals surface area contributed by atoms with Gasteiger partial charge in [-0.1, -0.05) is 0 Å². The zero-order valence-electron chi connectivity index (χ0n) is 12.0. The summed E-state index contributed by atoms with van der Waals surface area (Å²) in [7, 11) is 1.98. The third kappa shape index (κ3) is 2.58. The quantitative estimate of drug-likeness (QED) is 0.868. The van der Waals surface area contributed by atoms with Crippen molar-refractivity contribution < 1.29 is 4.79 Å². The third-order valence-electron chi connectivity index (χ3n) is 3.77. The first kappa shape index (κ1) is 13.5. The lowest BCUT2D eigenvalue weighted by molar-refractivity contribution is 0.0783. The van der Waals surface area contributed by atoms with E-state index in [1.54, 1.807) is 4.90 Å². The molecule has 7 nitrogen and oxygen atoms in total. The van der Waals surface area contributed by atoms with Gasteiger partial charge in [0.25, 0.3) is 11.5 Å². The molecule has 1 aliphatic rings. The Labute approximate surface area is 121 Å². The van der Waals surface area contributed by atoms with Gasteiger partial charge in [0, 0.05) is 38.3 Å². The van der Waals surface area contributed by atoms with Gasteiger partial charge in [-0.05, 0) is 19.4 Å². The van der Waals surface area contributed by atoms with E-state index < -0.39 is 0 Å². The second-order valence-electron chi connectivity index (χ2n) is 5.39. The summed E-state index contributed by atoms with van der Waals surface area (Å²) in [5.41, 5.74) is 0.945. The van der Waals surface area contributed by atoms with E-state index in [4.69, 9.17) is 0 Å². The van der Waals surface area contributed by atoms with Crippen LogP contribution in [0.2, 0.25) is 0 Å². The van der Waals surface area contributed by atoms with Crippen molar-refractivity contribution in [1.82, 2.24) is 24.6 Å². The molecular formula is C14H17N5O2. The standard InChI is InChI=1S/C14H17N5O2/c1-9-7-18(2)13(15-9)10-5-6-19(8-10)14(21)11-3-4-12(20)17-16-11/h3-4,7,10H,5-6,8H2,1-2H3,(H,17,20)/t10-/m1/s1. The lowest BCUT2D eigenvalue weighted by Crippen LogP contribution is -2.30. The van der Waals surface area contributed by atoms with E-state index in [2.05, 4.69) is 15.2 Å². The Morgan fingerprint density at radius 1 is 1.43 bits per heavy atom. The molecule has 0 aromatic carbocycles. The molecule has 0 spiro atoms. The Hall–Kier alpha value is -2.44. The number of nitrogens with zero attached hydrogens (tertiary/aromatic N) is 4. The molecule has 0 bridgehead atoms. The average Bonchev–Trinajstić information content (AvgIpc) is 3.05. The van der Waals surface area contributed by atoms with Crippen LogP contribution in [0.5, 0.6) is 0 Å². The van der Waals surface area contributed by atoms with Crippen molar-refractivity contribution in [2.45, 2.75) is 19.3 Å². The Kier molecular flexibility index (Phi) is 3.32. The molecule has 2 aromatic rings. The van der Waals surface area contributed by atoms with Gasteiger partial charge in [0.2, 0.25) is 0 Å². The highest BCUT2D eigenvalue weighted by Crippen LogP contribution is 2.27. The summed E-state index contributed by atoms with van der Waals surface area (Å²) in [5, 5.41) is 6.08. The van der Waals surface area contributed by atoms with Crippen LogP contribution in [-0.4, -0.2) is 43.6 Å². The first-order chi connectivity index (χ1) is 10.0. The fourth-order valence-electron chi connectivity index (χ4n) is 2.80. The van der Waals surface area contributed by atoms with Crippen LogP contribution in [0, 0.1) is 6.92 Å². The lowest BCUT2D eigenvalue weighted by atomic mass is 10.1. The van der Waals surface area contributed by atoms with Crippen molar-refractivity contribution in [2.75, 3.05) is 13.1 Å². The normalized spacial score (nSPS) is 18.2. The van der Waals surface area contributed by atoms with Crippen molar-refractivity contribution >= 4 is 5.91 Å². The van der Waals surface area contributed by atoms with Gasteiger partial charge in [-0.25, -0.2) is 10.1 Å². The molecule has 0 aliphatic carbocycles. The number of carbonyl (C=O) groups excluding carboxylic acids is 1. The second kappa shape index (κ2) is 5.16. The molecule has 21 heavy (non-hydrogen) atoms. The minimum atomic E-state index is -0.311.